The van der Waals surface area contributed by atoms with Gasteiger partial charge >= 0.3 is 0 Å². The zero-order chi connectivity index (χ0) is 25.9. The number of nitrogens with zero attached hydrogens (tertiary/aromatic N) is 4. The summed E-state index contributed by atoms with van der Waals surface area (Å²) in [5, 5.41) is 19.4. The summed E-state index contributed by atoms with van der Waals surface area (Å²) in [5.41, 5.74) is 3.02. The van der Waals surface area contributed by atoms with E-state index in [4.69, 9.17) is 10.1 Å². The first-order valence-corrected chi connectivity index (χ1v) is 11.9. The first-order chi connectivity index (χ1) is 17.1. The molecule has 11 heteroatoms. The quantitative estimate of drug-likeness (QED) is 0.195. The molecule has 1 atom stereocenters. The lowest BCUT2D eigenvalue weighted by molar-refractivity contribution is -0.104. The third-order valence-corrected chi connectivity index (χ3v) is 6.03. The Balaban J connectivity index is 1.48. The van der Waals surface area contributed by atoms with Gasteiger partial charge in [-0.25, -0.2) is 4.98 Å². The zero-order valence-electron chi connectivity index (χ0n) is 20.3. The fourth-order valence-electron chi connectivity index (χ4n) is 3.49. The Kier molecular flexibility index (Phi) is 7.37. The van der Waals surface area contributed by atoms with Gasteiger partial charge in [0.25, 0.3) is 5.91 Å². The Bertz CT molecular complexity index is 1320. The second-order valence-electron chi connectivity index (χ2n) is 9.35. The predicted molar refractivity (Wildman–Crippen MR) is 141 cm³/mol. The van der Waals surface area contributed by atoms with Crippen LogP contribution in [0.15, 0.2) is 48.4 Å². The molecule has 10 nitrogen and oxygen atoms in total. The molecule has 36 heavy (non-hydrogen) atoms. The number of nitrogens with one attached hydrogen (secondary N) is 3. The minimum absolute atomic E-state index is 0.0896. The smallest absolute Gasteiger partial charge is 0.275 e. The SMILES string of the molecule is CC(C)(C)c1cnc(C(=O)Nc2cc(C(=N)/C=C(\C=O)Nc3cc4n(n3)CCOC4)ccc2P)cn1. The molecule has 0 bridgehead atoms. The fourth-order valence-corrected chi connectivity index (χ4v) is 3.74. The van der Waals surface area contributed by atoms with Gasteiger partial charge in [0.05, 0.1) is 48.8 Å². The van der Waals surface area contributed by atoms with Gasteiger partial charge in [0, 0.05) is 28.9 Å². The van der Waals surface area contributed by atoms with E-state index in [0.29, 0.717) is 43.1 Å². The lowest BCUT2D eigenvalue weighted by Gasteiger charge is -2.17. The van der Waals surface area contributed by atoms with Crippen molar-refractivity contribution in [2.45, 2.75) is 39.3 Å². The lowest BCUT2D eigenvalue weighted by atomic mass is 9.93. The van der Waals surface area contributed by atoms with E-state index in [9.17, 15) is 9.59 Å². The molecule has 1 unspecified atom stereocenters. The van der Waals surface area contributed by atoms with Gasteiger partial charge in [-0.1, -0.05) is 32.9 Å². The molecule has 3 aromatic rings. The van der Waals surface area contributed by atoms with Gasteiger partial charge in [-0.3, -0.25) is 19.3 Å². The molecule has 2 aromatic heterocycles. The van der Waals surface area contributed by atoms with Crippen LogP contribution in [0.2, 0.25) is 0 Å². The Morgan fingerprint density at radius 1 is 1.19 bits per heavy atom. The Morgan fingerprint density at radius 3 is 2.67 bits per heavy atom. The maximum Gasteiger partial charge on any atom is 0.275 e. The van der Waals surface area contributed by atoms with E-state index in [1.54, 1.807) is 24.4 Å². The molecule has 0 spiro atoms. The Labute approximate surface area is 211 Å². The highest BCUT2D eigenvalue weighted by atomic mass is 31.0. The molecule has 4 rings (SSSR count). The highest BCUT2D eigenvalue weighted by Crippen LogP contribution is 2.20. The van der Waals surface area contributed by atoms with Gasteiger partial charge in [0.1, 0.15) is 5.69 Å². The fraction of sp³-hybridized carbons (Fsp3) is 0.280. The van der Waals surface area contributed by atoms with Crippen molar-refractivity contribution in [3.63, 3.8) is 0 Å². The van der Waals surface area contributed by atoms with Crippen molar-refractivity contribution in [2.24, 2.45) is 0 Å². The molecular formula is C25H28N7O3P. The number of fused-ring (bicyclic) bond motifs is 1. The minimum Gasteiger partial charge on any atom is -0.373 e. The van der Waals surface area contributed by atoms with Gasteiger partial charge in [0.15, 0.2) is 12.1 Å². The van der Waals surface area contributed by atoms with E-state index < -0.39 is 5.91 Å². The molecule has 1 aromatic carbocycles. The van der Waals surface area contributed by atoms with Crippen LogP contribution in [-0.2, 0) is 28.1 Å². The highest BCUT2D eigenvalue weighted by Gasteiger charge is 2.18. The standard InChI is InChI=1S/C25H28N7O3P/c1-25(2,3)22-12-27-20(11-28-22)24(34)30-19-8-15(4-5-21(19)36)18(26)9-16(13-33)29-23-10-17-14-35-7-6-32(17)31-23/h4-5,8-13,26H,6-7,14,36H2,1-3H3,(H,29,31)(H,30,34)/b16-9+,26-18?. The number of anilines is 2. The zero-order valence-corrected chi connectivity index (χ0v) is 21.5. The molecule has 1 aliphatic rings. The van der Waals surface area contributed by atoms with E-state index >= 15 is 0 Å². The van der Waals surface area contributed by atoms with Gasteiger partial charge in [0.2, 0.25) is 0 Å². The number of hydrogen-bond acceptors (Lipinski definition) is 8. The summed E-state index contributed by atoms with van der Waals surface area (Å²) in [6.45, 7) is 7.77. The van der Waals surface area contributed by atoms with Crippen LogP contribution in [0, 0.1) is 5.41 Å². The van der Waals surface area contributed by atoms with Crippen molar-refractivity contribution in [1.29, 1.82) is 5.41 Å². The molecule has 3 heterocycles. The molecule has 1 aliphatic heterocycles. The summed E-state index contributed by atoms with van der Waals surface area (Å²) in [7, 11) is 2.56. The number of carbonyl (C=O) groups excluding carboxylic acids is 2. The Morgan fingerprint density at radius 2 is 2.00 bits per heavy atom. The molecule has 0 aliphatic carbocycles. The van der Waals surface area contributed by atoms with Crippen LogP contribution in [0.4, 0.5) is 11.5 Å². The van der Waals surface area contributed by atoms with Crippen molar-refractivity contribution in [1.82, 2.24) is 19.7 Å². The van der Waals surface area contributed by atoms with Crippen molar-refractivity contribution >= 4 is 44.0 Å². The van der Waals surface area contributed by atoms with E-state index in [-0.39, 0.29) is 22.5 Å². The number of amides is 1. The highest BCUT2D eigenvalue weighted by molar-refractivity contribution is 7.28. The number of carbonyl (C=O) groups is 2. The molecule has 0 saturated heterocycles. The maximum atomic E-state index is 12.8. The first-order valence-electron chi connectivity index (χ1n) is 11.3. The molecule has 0 saturated carbocycles. The number of ether oxygens (including phenoxy) is 1. The second-order valence-corrected chi connectivity index (χ2v) is 9.97. The monoisotopic (exact) mass is 505 g/mol. The van der Waals surface area contributed by atoms with E-state index in [2.05, 4.69) is 34.9 Å². The largest absolute Gasteiger partial charge is 0.373 e. The summed E-state index contributed by atoms with van der Waals surface area (Å²) in [6, 6.07) is 6.99. The maximum absolute atomic E-state index is 12.8. The summed E-state index contributed by atoms with van der Waals surface area (Å²) in [4.78, 5) is 33.0. The van der Waals surface area contributed by atoms with Crippen LogP contribution >= 0.6 is 9.24 Å². The van der Waals surface area contributed by atoms with Crippen molar-refractivity contribution in [2.75, 3.05) is 17.2 Å². The molecule has 186 valence electrons. The van der Waals surface area contributed by atoms with E-state index in [0.717, 1.165) is 16.7 Å². The number of hydrogen-bond donors (Lipinski definition) is 3. The van der Waals surface area contributed by atoms with Crippen LogP contribution in [0.1, 0.15) is 48.2 Å². The van der Waals surface area contributed by atoms with E-state index in [1.165, 1.54) is 12.3 Å². The minimum atomic E-state index is -0.408. The van der Waals surface area contributed by atoms with Gasteiger partial charge in [-0.05, 0) is 17.4 Å². The number of benzene rings is 1. The van der Waals surface area contributed by atoms with Crippen LogP contribution in [-0.4, -0.2) is 44.3 Å². The van der Waals surface area contributed by atoms with Crippen LogP contribution in [0.5, 0.6) is 0 Å². The number of aromatic nitrogens is 4. The average Bonchev–Trinajstić information content (AvgIpc) is 3.26. The summed E-state index contributed by atoms with van der Waals surface area (Å²) >= 11 is 0. The van der Waals surface area contributed by atoms with Crippen LogP contribution in [0.25, 0.3) is 0 Å². The van der Waals surface area contributed by atoms with Gasteiger partial charge in [-0.15, -0.1) is 9.24 Å². The number of aldehydes is 1. The molecule has 0 radical (unpaired) electrons. The summed E-state index contributed by atoms with van der Waals surface area (Å²) in [6.07, 6.45) is 5.11. The number of rotatable bonds is 7. The second kappa shape index (κ2) is 10.5. The predicted octanol–water partition coefficient (Wildman–Crippen LogP) is 2.82. The van der Waals surface area contributed by atoms with Gasteiger partial charge < -0.3 is 20.8 Å². The van der Waals surface area contributed by atoms with Crippen LogP contribution in [0.3, 0.4) is 0 Å². The first kappa shape index (κ1) is 25.3. The van der Waals surface area contributed by atoms with Crippen molar-refractivity contribution in [3.8, 4) is 0 Å². The molecule has 0 fully saturated rings. The summed E-state index contributed by atoms with van der Waals surface area (Å²) < 4.78 is 7.24. The molecule has 1 amide bonds. The number of allylic oxidation sites excluding steroid dienone is 2. The third-order valence-electron chi connectivity index (χ3n) is 5.53. The normalized spacial score (nSPS) is 13.6. The average molecular weight is 506 g/mol. The topological polar surface area (TPSA) is 135 Å². The van der Waals surface area contributed by atoms with Gasteiger partial charge in [-0.2, -0.15) is 5.10 Å². The van der Waals surface area contributed by atoms with E-state index in [1.807, 2.05) is 31.5 Å². The lowest BCUT2D eigenvalue weighted by Crippen LogP contribution is -2.20. The van der Waals surface area contributed by atoms with Crippen LogP contribution < -0.4 is 15.9 Å². The summed E-state index contributed by atoms with van der Waals surface area (Å²) in [5.74, 6) is 0.0994. The third kappa shape index (κ3) is 5.90. The van der Waals surface area contributed by atoms with Crippen molar-refractivity contribution in [3.05, 3.63) is 71.1 Å². The Hall–Kier alpha value is -3.75. The van der Waals surface area contributed by atoms with Crippen molar-refractivity contribution < 1.29 is 14.3 Å². The molecular weight excluding hydrogens is 477 g/mol. The molecule has 3 N–H and O–H groups in total.